The summed E-state index contributed by atoms with van der Waals surface area (Å²) < 4.78 is 5.80. The number of nitrogens with two attached hydrogens (primary N) is 1. The zero-order valence-electron chi connectivity index (χ0n) is 10.3. The predicted molar refractivity (Wildman–Crippen MR) is 71.1 cm³/mol. The van der Waals surface area contributed by atoms with E-state index in [1.165, 1.54) is 11.9 Å². The molecule has 0 atom stereocenters. The topological polar surface area (TPSA) is 64.9 Å². The van der Waals surface area contributed by atoms with Gasteiger partial charge in [-0.2, -0.15) is 0 Å². The summed E-state index contributed by atoms with van der Waals surface area (Å²) >= 11 is 0. The van der Waals surface area contributed by atoms with Gasteiger partial charge in [-0.3, -0.25) is 0 Å². The molecule has 2 heterocycles. The first kappa shape index (κ1) is 10.8. The lowest BCUT2D eigenvalue weighted by atomic mass is 10.1. The lowest BCUT2D eigenvalue weighted by Gasteiger charge is -2.02. The van der Waals surface area contributed by atoms with E-state index in [-0.39, 0.29) is 0 Å². The Morgan fingerprint density at radius 1 is 1.11 bits per heavy atom. The normalized spacial score (nSPS) is 11.0. The molecule has 3 aromatic rings. The summed E-state index contributed by atoms with van der Waals surface area (Å²) in [6.07, 6.45) is 1.45. The van der Waals surface area contributed by atoms with Gasteiger partial charge in [0.1, 0.15) is 23.4 Å². The molecule has 0 unspecified atom stereocenters. The van der Waals surface area contributed by atoms with E-state index in [1.54, 1.807) is 0 Å². The minimum absolute atomic E-state index is 0.483. The van der Waals surface area contributed by atoms with Gasteiger partial charge in [0, 0.05) is 10.9 Å². The van der Waals surface area contributed by atoms with Crippen LogP contribution in [-0.4, -0.2) is 9.97 Å². The third-order valence-corrected chi connectivity index (χ3v) is 3.03. The van der Waals surface area contributed by atoms with Crippen molar-refractivity contribution in [2.24, 2.45) is 0 Å². The second-order valence-corrected chi connectivity index (χ2v) is 4.38. The molecular formula is C14H13N3O. The third kappa shape index (κ3) is 1.62. The van der Waals surface area contributed by atoms with Gasteiger partial charge >= 0.3 is 0 Å². The van der Waals surface area contributed by atoms with Crippen LogP contribution in [0, 0.1) is 13.8 Å². The van der Waals surface area contributed by atoms with Crippen LogP contribution in [0.5, 0.6) is 0 Å². The number of aromatic nitrogens is 2. The average Bonchev–Trinajstić information content (AvgIpc) is 2.75. The molecule has 0 aliphatic heterocycles. The van der Waals surface area contributed by atoms with Gasteiger partial charge in [-0.25, -0.2) is 9.97 Å². The van der Waals surface area contributed by atoms with Crippen LogP contribution in [0.3, 0.4) is 0 Å². The van der Waals surface area contributed by atoms with Crippen molar-refractivity contribution in [3.8, 4) is 11.5 Å². The fraction of sp³-hybridized carbons (Fsp3) is 0.143. The molecule has 0 saturated heterocycles. The van der Waals surface area contributed by atoms with E-state index in [4.69, 9.17) is 10.2 Å². The Hall–Kier alpha value is -2.36. The van der Waals surface area contributed by atoms with Crippen molar-refractivity contribution in [2.45, 2.75) is 13.8 Å². The highest BCUT2D eigenvalue weighted by Gasteiger charge is 2.12. The standard InChI is InChI=1S/C14H13N3O/c1-8-3-4-11-10(5-8)6-12(18-11)13-9(2)14(15)17-7-16-13/h3-7H,1-2H3,(H2,15,16,17). The molecule has 0 saturated carbocycles. The molecule has 2 N–H and O–H groups in total. The number of fused-ring (bicyclic) bond motifs is 1. The molecule has 0 aliphatic rings. The molecule has 1 aromatic carbocycles. The highest BCUT2D eigenvalue weighted by molar-refractivity contribution is 5.83. The molecule has 0 aliphatic carbocycles. The molecule has 90 valence electrons. The summed E-state index contributed by atoms with van der Waals surface area (Å²) in [5.74, 6) is 1.21. The average molecular weight is 239 g/mol. The van der Waals surface area contributed by atoms with Crippen LogP contribution in [0.2, 0.25) is 0 Å². The van der Waals surface area contributed by atoms with E-state index in [9.17, 15) is 0 Å². The zero-order chi connectivity index (χ0) is 12.7. The van der Waals surface area contributed by atoms with Crippen LogP contribution in [-0.2, 0) is 0 Å². The second-order valence-electron chi connectivity index (χ2n) is 4.38. The first-order chi connectivity index (χ1) is 8.65. The number of hydrogen-bond donors (Lipinski definition) is 1. The molecule has 4 nitrogen and oxygen atoms in total. The van der Waals surface area contributed by atoms with Gasteiger partial charge in [0.15, 0.2) is 5.76 Å². The molecule has 0 spiro atoms. The number of furan rings is 1. The molecule has 0 bridgehead atoms. The molecule has 18 heavy (non-hydrogen) atoms. The second kappa shape index (κ2) is 3.84. The number of nitrogens with zero attached hydrogens (tertiary/aromatic N) is 2. The number of hydrogen-bond acceptors (Lipinski definition) is 4. The summed E-state index contributed by atoms with van der Waals surface area (Å²) in [7, 11) is 0. The Bertz CT molecular complexity index is 731. The van der Waals surface area contributed by atoms with Crippen LogP contribution >= 0.6 is 0 Å². The Balaban J connectivity index is 2.22. The minimum Gasteiger partial charge on any atom is -0.454 e. The van der Waals surface area contributed by atoms with E-state index in [1.807, 2.05) is 25.1 Å². The lowest BCUT2D eigenvalue weighted by molar-refractivity contribution is 0.627. The smallest absolute Gasteiger partial charge is 0.154 e. The first-order valence-corrected chi connectivity index (χ1v) is 5.73. The summed E-state index contributed by atoms with van der Waals surface area (Å²) in [4.78, 5) is 8.20. The molecule has 0 amide bonds. The van der Waals surface area contributed by atoms with E-state index >= 15 is 0 Å². The lowest BCUT2D eigenvalue weighted by Crippen LogP contribution is -1.97. The molecule has 0 fully saturated rings. The van der Waals surface area contributed by atoms with Crippen molar-refractivity contribution in [1.29, 1.82) is 0 Å². The molecule has 0 radical (unpaired) electrons. The highest BCUT2D eigenvalue weighted by atomic mass is 16.3. The third-order valence-electron chi connectivity index (χ3n) is 3.03. The van der Waals surface area contributed by atoms with Crippen LogP contribution < -0.4 is 5.73 Å². The molecular weight excluding hydrogens is 226 g/mol. The van der Waals surface area contributed by atoms with Gasteiger partial charge < -0.3 is 10.2 Å². The summed E-state index contributed by atoms with van der Waals surface area (Å²) in [6, 6.07) is 8.06. The fourth-order valence-electron chi connectivity index (χ4n) is 1.99. The summed E-state index contributed by atoms with van der Waals surface area (Å²) in [5.41, 5.74) is 9.43. The van der Waals surface area contributed by atoms with Crippen molar-refractivity contribution in [2.75, 3.05) is 5.73 Å². The van der Waals surface area contributed by atoms with Gasteiger partial charge in [-0.05, 0) is 32.0 Å². The van der Waals surface area contributed by atoms with E-state index < -0.39 is 0 Å². The van der Waals surface area contributed by atoms with E-state index in [0.717, 1.165) is 28.0 Å². The monoisotopic (exact) mass is 239 g/mol. The predicted octanol–water partition coefficient (Wildman–Crippen LogP) is 3.09. The SMILES string of the molecule is Cc1ccc2oc(-c3ncnc(N)c3C)cc2c1. The maximum Gasteiger partial charge on any atom is 0.154 e. The quantitative estimate of drug-likeness (QED) is 0.708. The number of benzene rings is 1. The number of aryl methyl sites for hydroxylation is 1. The Labute approximate surface area is 104 Å². The van der Waals surface area contributed by atoms with Gasteiger partial charge in [-0.1, -0.05) is 11.6 Å². The summed E-state index contributed by atoms with van der Waals surface area (Å²) in [6.45, 7) is 3.95. The highest BCUT2D eigenvalue weighted by Crippen LogP contribution is 2.29. The Morgan fingerprint density at radius 2 is 1.94 bits per heavy atom. The Kier molecular flexibility index (Phi) is 2.30. The number of nitrogen functional groups attached to an aromatic ring is 1. The van der Waals surface area contributed by atoms with Gasteiger partial charge in [0.25, 0.3) is 0 Å². The van der Waals surface area contributed by atoms with Crippen molar-refractivity contribution >= 4 is 16.8 Å². The van der Waals surface area contributed by atoms with Gasteiger partial charge in [-0.15, -0.1) is 0 Å². The van der Waals surface area contributed by atoms with Crippen LogP contribution in [0.1, 0.15) is 11.1 Å². The molecule has 2 aromatic heterocycles. The summed E-state index contributed by atoms with van der Waals surface area (Å²) in [5, 5.41) is 1.07. The number of rotatable bonds is 1. The van der Waals surface area contributed by atoms with Gasteiger partial charge in [0.2, 0.25) is 0 Å². The van der Waals surface area contributed by atoms with Crippen LogP contribution in [0.4, 0.5) is 5.82 Å². The molecule has 3 rings (SSSR count). The van der Waals surface area contributed by atoms with Crippen LogP contribution in [0.15, 0.2) is 35.0 Å². The van der Waals surface area contributed by atoms with Crippen molar-refractivity contribution in [1.82, 2.24) is 9.97 Å². The minimum atomic E-state index is 0.483. The first-order valence-electron chi connectivity index (χ1n) is 5.73. The maximum atomic E-state index is 5.80. The largest absolute Gasteiger partial charge is 0.454 e. The fourth-order valence-corrected chi connectivity index (χ4v) is 1.99. The molecule has 4 heteroatoms. The van der Waals surface area contributed by atoms with Crippen molar-refractivity contribution in [3.63, 3.8) is 0 Å². The van der Waals surface area contributed by atoms with E-state index in [0.29, 0.717) is 5.82 Å². The van der Waals surface area contributed by atoms with Crippen molar-refractivity contribution < 1.29 is 4.42 Å². The van der Waals surface area contributed by atoms with Crippen molar-refractivity contribution in [3.05, 3.63) is 41.7 Å². The zero-order valence-corrected chi connectivity index (χ0v) is 10.3. The maximum absolute atomic E-state index is 5.80. The number of anilines is 1. The Morgan fingerprint density at radius 3 is 2.78 bits per heavy atom. The van der Waals surface area contributed by atoms with Gasteiger partial charge in [0.05, 0.1) is 0 Å². The van der Waals surface area contributed by atoms with E-state index in [2.05, 4.69) is 23.0 Å². The van der Waals surface area contributed by atoms with Crippen LogP contribution in [0.25, 0.3) is 22.4 Å².